The molecule has 11 heavy (non-hydrogen) atoms. The average molecular weight is 219 g/mol. The van der Waals surface area contributed by atoms with Crippen LogP contribution in [-0.4, -0.2) is 33.2 Å². The van der Waals surface area contributed by atoms with Crippen LogP contribution in [0.25, 0.3) is 0 Å². The summed E-state index contributed by atoms with van der Waals surface area (Å²) < 4.78 is 0. The van der Waals surface area contributed by atoms with Crippen LogP contribution in [0.15, 0.2) is 6.20 Å². The van der Waals surface area contributed by atoms with E-state index in [-0.39, 0.29) is 5.91 Å². The molecule has 1 aromatic heterocycles. The molecule has 0 aliphatic heterocycles. The molecule has 1 rings (SSSR count). The Morgan fingerprint density at radius 2 is 2.64 bits per heavy atom. The number of hydrogen-bond donors (Lipinski definition) is 2. The van der Waals surface area contributed by atoms with Gasteiger partial charge in [0, 0.05) is 11.9 Å². The van der Waals surface area contributed by atoms with E-state index in [0.29, 0.717) is 12.2 Å². The number of rotatable bonds is 3. The van der Waals surface area contributed by atoms with Crippen molar-refractivity contribution in [2.45, 2.75) is 0 Å². The van der Waals surface area contributed by atoms with Crippen LogP contribution in [0.2, 0.25) is 0 Å². The lowest BCUT2D eigenvalue weighted by molar-refractivity contribution is 0.0951. The van der Waals surface area contributed by atoms with E-state index >= 15 is 0 Å². The molecule has 0 saturated heterocycles. The quantitative estimate of drug-likeness (QED) is 0.699. The molecule has 0 bridgehead atoms. The number of nitrogens with one attached hydrogen (secondary N) is 2. The molecule has 0 aliphatic rings. The highest BCUT2D eigenvalue weighted by atomic mass is 79.9. The largest absolute Gasteiger partial charge is 0.350 e. The van der Waals surface area contributed by atoms with E-state index in [0.717, 1.165) is 5.33 Å². The number of aromatic nitrogens is 3. The van der Waals surface area contributed by atoms with Crippen molar-refractivity contribution in [2.24, 2.45) is 0 Å². The predicted molar refractivity (Wildman–Crippen MR) is 42.5 cm³/mol. The number of alkyl halides is 1. The smallest absolute Gasteiger partial charge is 0.273 e. The van der Waals surface area contributed by atoms with Gasteiger partial charge in [0.15, 0.2) is 5.69 Å². The molecule has 0 atom stereocenters. The summed E-state index contributed by atoms with van der Waals surface area (Å²) in [6.07, 6.45) is 1.38. The SMILES string of the molecule is O=C(NCCBr)c1cn[nH]n1. The third kappa shape index (κ3) is 2.30. The van der Waals surface area contributed by atoms with Crippen LogP contribution in [0.3, 0.4) is 0 Å². The predicted octanol–water partition coefficient (Wildman–Crippen LogP) is -0.0706. The molecule has 0 unspecified atom stereocenters. The second kappa shape index (κ2) is 4.07. The van der Waals surface area contributed by atoms with E-state index in [2.05, 4.69) is 36.7 Å². The van der Waals surface area contributed by atoms with E-state index in [9.17, 15) is 4.79 Å². The minimum absolute atomic E-state index is 0.210. The first kappa shape index (κ1) is 8.19. The van der Waals surface area contributed by atoms with Crippen molar-refractivity contribution in [3.05, 3.63) is 11.9 Å². The second-order valence-electron chi connectivity index (χ2n) is 1.80. The first-order valence-electron chi connectivity index (χ1n) is 3.04. The van der Waals surface area contributed by atoms with E-state index in [1.54, 1.807) is 0 Å². The van der Waals surface area contributed by atoms with Gasteiger partial charge in [0.05, 0.1) is 6.20 Å². The first-order valence-corrected chi connectivity index (χ1v) is 4.16. The summed E-state index contributed by atoms with van der Waals surface area (Å²) in [6.45, 7) is 0.589. The van der Waals surface area contributed by atoms with Gasteiger partial charge in [0.1, 0.15) is 0 Å². The highest BCUT2D eigenvalue weighted by Crippen LogP contribution is 1.87. The van der Waals surface area contributed by atoms with Crippen LogP contribution >= 0.6 is 15.9 Å². The van der Waals surface area contributed by atoms with Crippen LogP contribution in [-0.2, 0) is 0 Å². The fourth-order valence-electron chi connectivity index (χ4n) is 0.562. The molecule has 1 amide bonds. The van der Waals surface area contributed by atoms with Gasteiger partial charge in [-0.2, -0.15) is 15.4 Å². The van der Waals surface area contributed by atoms with Gasteiger partial charge in [-0.25, -0.2) is 0 Å². The van der Waals surface area contributed by atoms with Crippen LogP contribution in [0, 0.1) is 0 Å². The van der Waals surface area contributed by atoms with Gasteiger partial charge in [0.2, 0.25) is 0 Å². The maximum absolute atomic E-state index is 11.0. The van der Waals surface area contributed by atoms with Crippen molar-refractivity contribution < 1.29 is 4.79 Å². The van der Waals surface area contributed by atoms with Crippen LogP contribution in [0.5, 0.6) is 0 Å². The average Bonchev–Trinajstić information content (AvgIpc) is 2.52. The number of nitrogens with zero attached hydrogens (tertiary/aromatic N) is 2. The standard InChI is InChI=1S/C5H7BrN4O/c6-1-2-7-5(11)4-3-8-10-9-4/h3H,1-2H2,(H,7,11)(H,8,9,10). The molecule has 0 spiro atoms. The van der Waals surface area contributed by atoms with E-state index in [1.807, 2.05) is 0 Å². The molecule has 6 heteroatoms. The number of carbonyl (C=O) groups is 1. The number of carbonyl (C=O) groups excluding carboxylic acids is 1. The molecule has 0 aromatic carbocycles. The summed E-state index contributed by atoms with van der Waals surface area (Å²) in [6, 6.07) is 0. The normalized spacial score (nSPS) is 9.55. The highest BCUT2D eigenvalue weighted by Gasteiger charge is 2.05. The van der Waals surface area contributed by atoms with Gasteiger partial charge in [0.25, 0.3) is 5.91 Å². The number of halogens is 1. The van der Waals surface area contributed by atoms with Gasteiger partial charge < -0.3 is 5.32 Å². The lowest BCUT2D eigenvalue weighted by Crippen LogP contribution is -2.25. The summed E-state index contributed by atoms with van der Waals surface area (Å²) in [5.41, 5.74) is 0.311. The van der Waals surface area contributed by atoms with Gasteiger partial charge >= 0.3 is 0 Å². The lowest BCUT2D eigenvalue weighted by atomic mass is 10.4. The Morgan fingerprint density at radius 3 is 3.18 bits per heavy atom. The Balaban J connectivity index is 2.43. The zero-order valence-electron chi connectivity index (χ0n) is 5.67. The summed E-state index contributed by atoms with van der Waals surface area (Å²) >= 11 is 3.18. The van der Waals surface area contributed by atoms with Gasteiger partial charge in [-0.3, -0.25) is 4.79 Å². The van der Waals surface area contributed by atoms with Gasteiger partial charge in [-0.15, -0.1) is 0 Å². The molecule has 5 nitrogen and oxygen atoms in total. The van der Waals surface area contributed by atoms with Crippen molar-refractivity contribution in [1.82, 2.24) is 20.7 Å². The Labute approximate surface area is 71.7 Å². The molecular weight excluding hydrogens is 212 g/mol. The summed E-state index contributed by atoms with van der Waals surface area (Å²) in [5.74, 6) is -0.210. The fourth-order valence-corrected chi connectivity index (χ4v) is 0.761. The fraction of sp³-hybridized carbons (Fsp3) is 0.400. The third-order valence-electron chi connectivity index (χ3n) is 1.03. The van der Waals surface area contributed by atoms with Crippen LogP contribution in [0.1, 0.15) is 10.5 Å². The summed E-state index contributed by atoms with van der Waals surface area (Å²) in [7, 11) is 0. The number of H-pyrrole nitrogens is 1. The molecule has 0 radical (unpaired) electrons. The Hall–Kier alpha value is -0.910. The van der Waals surface area contributed by atoms with Crippen LogP contribution in [0.4, 0.5) is 0 Å². The number of amides is 1. The number of hydrogen-bond acceptors (Lipinski definition) is 3. The summed E-state index contributed by atoms with van der Waals surface area (Å²) in [4.78, 5) is 11.0. The van der Waals surface area contributed by atoms with Gasteiger partial charge in [-0.1, -0.05) is 15.9 Å². The molecule has 2 N–H and O–H groups in total. The van der Waals surface area contributed by atoms with E-state index in [4.69, 9.17) is 0 Å². The minimum atomic E-state index is -0.210. The zero-order chi connectivity index (χ0) is 8.10. The maximum atomic E-state index is 11.0. The topological polar surface area (TPSA) is 70.7 Å². The molecule has 60 valence electrons. The zero-order valence-corrected chi connectivity index (χ0v) is 7.26. The van der Waals surface area contributed by atoms with E-state index in [1.165, 1.54) is 6.20 Å². The van der Waals surface area contributed by atoms with Crippen LogP contribution < -0.4 is 5.32 Å². The highest BCUT2D eigenvalue weighted by molar-refractivity contribution is 9.09. The Kier molecular flexibility index (Phi) is 3.03. The molecule has 0 saturated carbocycles. The molecule has 1 heterocycles. The Bertz CT molecular complexity index is 222. The second-order valence-corrected chi connectivity index (χ2v) is 2.59. The van der Waals surface area contributed by atoms with Crippen molar-refractivity contribution >= 4 is 21.8 Å². The van der Waals surface area contributed by atoms with Crippen molar-refractivity contribution in [2.75, 3.05) is 11.9 Å². The minimum Gasteiger partial charge on any atom is -0.350 e. The summed E-state index contributed by atoms with van der Waals surface area (Å²) in [5, 5.41) is 12.8. The molecule has 1 aromatic rings. The lowest BCUT2D eigenvalue weighted by Gasteiger charge is -1.96. The number of aromatic amines is 1. The molecule has 0 fully saturated rings. The monoisotopic (exact) mass is 218 g/mol. The Morgan fingerprint density at radius 1 is 1.82 bits per heavy atom. The van der Waals surface area contributed by atoms with Crippen molar-refractivity contribution in [1.29, 1.82) is 0 Å². The molecule has 0 aliphatic carbocycles. The van der Waals surface area contributed by atoms with Crippen molar-refractivity contribution in [3.63, 3.8) is 0 Å². The first-order chi connectivity index (χ1) is 5.34. The third-order valence-corrected chi connectivity index (χ3v) is 1.42. The van der Waals surface area contributed by atoms with Crippen molar-refractivity contribution in [3.8, 4) is 0 Å². The van der Waals surface area contributed by atoms with Gasteiger partial charge in [-0.05, 0) is 0 Å². The van der Waals surface area contributed by atoms with E-state index < -0.39 is 0 Å². The maximum Gasteiger partial charge on any atom is 0.273 e. The molecular formula is C5H7BrN4O.